The maximum absolute atomic E-state index is 13.0. The van der Waals surface area contributed by atoms with Gasteiger partial charge in [0.2, 0.25) is 0 Å². The van der Waals surface area contributed by atoms with E-state index in [1.165, 1.54) is 25.3 Å². The highest BCUT2D eigenvalue weighted by atomic mass is 16.5. The summed E-state index contributed by atoms with van der Waals surface area (Å²) in [6, 6.07) is 16.3. The molecular formula is C26H22N2O6. The number of anilines is 2. The minimum absolute atomic E-state index is 0.0691. The lowest BCUT2D eigenvalue weighted by atomic mass is 10.1. The largest absolute Gasteiger partial charge is 0.497 e. The lowest BCUT2D eigenvalue weighted by Gasteiger charge is -2.16. The van der Waals surface area contributed by atoms with Crippen LogP contribution < -0.4 is 15.0 Å². The molecule has 3 amide bonds. The van der Waals surface area contributed by atoms with Gasteiger partial charge in [0.05, 0.1) is 29.5 Å². The molecule has 172 valence electrons. The van der Waals surface area contributed by atoms with Crippen molar-refractivity contribution < 1.29 is 28.7 Å². The average molecular weight is 458 g/mol. The van der Waals surface area contributed by atoms with Gasteiger partial charge < -0.3 is 14.8 Å². The van der Waals surface area contributed by atoms with E-state index in [4.69, 9.17) is 9.47 Å². The fourth-order valence-corrected chi connectivity index (χ4v) is 3.73. The number of esters is 1. The summed E-state index contributed by atoms with van der Waals surface area (Å²) < 4.78 is 10.1. The molecular weight excluding hydrogens is 436 g/mol. The Hall–Kier alpha value is -4.46. The van der Waals surface area contributed by atoms with Crippen molar-refractivity contribution in [2.45, 2.75) is 13.8 Å². The highest BCUT2D eigenvalue weighted by molar-refractivity contribution is 6.35. The van der Waals surface area contributed by atoms with Gasteiger partial charge in [-0.1, -0.05) is 17.7 Å². The third-order valence-corrected chi connectivity index (χ3v) is 5.42. The van der Waals surface area contributed by atoms with Crippen LogP contribution in [-0.2, 0) is 9.53 Å². The number of ether oxygens (including phenoxy) is 2. The smallest absolute Gasteiger partial charge is 0.338 e. The zero-order valence-corrected chi connectivity index (χ0v) is 18.9. The molecule has 0 aliphatic carbocycles. The van der Waals surface area contributed by atoms with Crippen molar-refractivity contribution in [3.05, 3.63) is 88.5 Å². The van der Waals surface area contributed by atoms with E-state index >= 15 is 0 Å². The summed E-state index contributed by atoms with van der Waals surface area (Å²) in [6.07, 6.45) is 0. The molecule has 0 unspecified atom stereocenters. The summed E-state index contributed by atoms with van der Waals surface area (Å²) in [5, 5.41) is 2.61. The minimum Gasteiger partial charge on any atom is -0.497 e. The van der Waals surface area contributed by atoms with Crippen molar-refractivity contribution in [3.8, 4) is 5.75 Å². The highest BCUT2D eigenvalue weighted by Crippen LogP contribution is 2.31. The van der Waals surface area contributed by atoms with Gasteiger partial charge in [0.25, 0.3) is 17.7 Å². The molecule has 8 nitrogen and oxygen atoms in total. The first-order valence-corrected chi connectivity index (χ1v) is 10.5. The molecule has 4 rings (SSSR count). The van der Waals surface area contributed by atoms with E-state index in [-0.39, 0.29) is 16.7 Å². The predicted molar refractivity (Wildman–Crippen MR) is 125 cm³/mol. The Bertz CT molecular complexity index is 1310. The summed E-state index contributed by atoms with van der Waals surface area (Å²) in [5.74, 6) is -1.63. The first-order chi connectivity index (χ1) is 16.3. The normalized spacial score (nSPS) is 12.4. The maximum atomic E-state index is 13.0. The van der Waals surface area contributed by atoms with Crippen molar-refractivity contribution in [1.82, 2.24) is 0 Å². The van der Waals surface area contributed by atoms with Crippen LogP contribution in [-0.4, -0.2) is 37.4 Å². The van der Waals surface area contributed by atoms with Crippen LogP contribution in [0.25, 0.3) is 0 Å². The number of fused-ring (bicyclic) bond motifs is 1. The summed E-state index contributed by atoms with van der Waals surface area (Å²) in [6.45, 7) is 3.24. The van der Waals surface area contributed by atoms with E-state index in [1.807, 2.05) is 26.0 Å². The van der Waals surface area contributed by atoms with Crippen molar-refractivity contribution in [1.29, 1.82) is 0 Å². The van der Waals surface area contributed by atoms with Gasteiger partial charge in [0.1, 0.15) is 5.75 Å². The number of carbonyl (C=O) groups excluding carboxylic acids is 4. The molecule has 3 aromatic rings. The molecule has 0 fully saturated rings. The molecule has 8 heteroatoms. The van der Waals surface area contributed by atoms with E-state index in [1.54, 1.807) is 30.3 Å². The average Bonchev–Trinajstić information content (AvgIpc) is 3.07. The molecule has 0 saturated heterocycles. The van der Waals surface area contributed by atoms with Crippen molar-refractivity contribution in [2.75, 3.05) is 23.9 Å². The fraction of sp³-hybridized carbons (Fsp3) is 0.154. The van der Waals surface area contributed by atoms with Gasteiger partial charge in [-0.05, 0) is 67.9 Å². The Morgan fingerprint density at radius 2 is 1.59 bits per heavy atom. The number of hydrogen-bond donors (Lipinski definition) is 1. The number of benzene rings is 3. The summed E-state index contributed by atoms with van der Waals surface area (Å²) in [4.78, 5) is 51.6. The number of amides is 3. The van der Waals surface area contributed by atoms with Gasteiger partial charge in [-0.25, -0.2) is 9.69 Å². The van der Waals surface area contributed by atoms with E-state index in [9.17, 15) is 19.2 Å². The van der Waals surface area contributed by atoms with Crippen molar-refractivity contribution >= 4 is 35.1 Å². The molecule has 1 aliphatic rings. The minimum atomic E-state index is -0.780. The summed E-state index contributed by atoms with van der Waals surface area (Å²) in [7, 11) is 1.54. The van der Waals surface area contributed by atoms with Crippen LogP contribution in [0.2, 0.25) is 0 Å². The molecule has 0 bridgehead atoms. The van der Waals surface area contributed by atoms with Gasteiger partial charge in [0, 0.05) is 5.69 Å². The van der Waals surface area contributed by atoms with Gasteiger partial charge in [-0.2, -0.15) is 0 Å². The maximum Gasteiger partial charge on any atom is 0.338 e. The van der Waals surface area contributed by atoms with Crippen LogP contribution in [0.15, 0.2) is 60.7 Å². The standard InChI is InChI=1S/C26H22N2O6/c1-15-4-11-22(16(2)12-15)28-24(30)20-10-5-17(13-21(20)25(28)31)26(32)34-14-23(29)27-18-6-8-19(33-3)9-7-18/h4-13H,14H2,1-3H3,(H,27,29). The number of imide groups is 1. The Morgan fingerprint density at radius 3 is 2.26 bits per heavy atom. The number of hydrogen-bond acceptors (Lipinski definition) is 6. The van der Waals surface area contributed by atoms with Crippen LogP contribution in [0.4, 0.5) is 11.4 Å². The number of rotatable bonds is 6. The quantitative estimate of drug-likeness (QED) is 0.444. The van der Waals surface area contributed by atoms with Crippen LogP contribution in [0, 0.1) is 13.8 Å². The predicted octanol–water partition coefficient (Wildman–Crippen LogP) is 3.91. The molecule has 1 aliphatic heterocycles. The SMILES string of the molecule is COc1ccc(NC(=O)COC(=O)c2ccc3c(c2)C(=O)N(c2ccc(C)cc2C)C3=O)cc1. The number of nitrogens with zero attached hydrogens (tertiary/aromatic N) is 1. The van der Waals surface area contributed by atoms with Crippen LogP contribution in [0.5, 0.6) is 5.75 Å². The summed E-state index contributed by atoms with van der Waals surface area (Å²) in [5.41, 5.74) is 3.21. The molecule has 1 heterocycles. The highest BCUT2D eigenvalue weighted by Gasteiger charge is 2.37. The Balaban J connectivity index is 1.44. The summed E-state index contributed by atoms with van der Waals surface area (Å²) >= 11 is 0. The van der Waals surface area contributed by atoms with Gasteiger partial charge in [-0.15, -0.1) is 0 Å². The molecule has 0 atom stereocenters. The molecule has 1 N–H and O–H groups in total. The molecule has 0 spiro atoms. The zero-order valence-electron chi connectivity index (χ0n) is 18.9. The first-order valence-electron chi connectivity index (χ1n) is 10.5. The van der Waals surface area contributed by atoms with Gasteiger partial charge >= 0.3 is 5.97 Å². The topological polar surface area (TPSA) is 102 Å². The Kier molecular flexibility index (Phi) is 6.14. The van der Waals surface area contributed by atoms with Crippen LogP contribution in [0.1, 0.15) is 42.2 Å². The second-order valence-corrected chi connectivity index (χ2v) is 7.85. The fourth-order valence-electron chi connectivity index (χ4n) is 3.73. The van der Waals surface area contributed by atoms with Gasteiger partial charge in [-0.3, -0.25) is 14.4 Å². The third kappa shape index (κ3) is 4.38. The number of carbonyl (C=O) groups is 4. The second-order valence-electron chi connectivity index (χ2n) is 7.85. The lowest BCUT2D eigenvalue weighted by molar-refractivity contribution is -0.119. The third-order valence-electron chi connectivity index (χ3n) is 5.42. The number of nitrogens with one attached hydrogen (secondary N) is 1. The van der Waals surface area contributed by atoms with E-state index in [0.29, 0.717) is 17.1 Å². The Morgan fingerprint density at radius 1 is 0.882 bits per heavy atom. The van der Waals surface area contributed by atoms with Crippen molar-refractivity contribution in [3.63, 3.8) is 0 Å². The van der Waals surface area contributed by atoms with E-state index in [2.05, 4.69) is 5.32 Å². The molecule has 0 saturated carbocycles. The van der Waals surface area contributed by atoms with Crippen molar-refractivity contribution in [2.24, 2.45) is 0 Å². The molecule has 0 aromatic heterocycles. The Labute approximate surface area is 196 Å². The second kappa shape index (κ2) is 9.19. The monoisotopic (exact) mass is 458 g/mol. The van der Waals surface area contributed by atoms with E-state index in [0.717, 1.165) is 16.0 Å². The van der Waals surface area contributed by atoms with Crippen LogP contribution in [0.3, 0.4) is 0 Å². The van der Waals surface area contributed by atoms with Crippen LogP contribution >= 0.6 is 0 Å². The number of aryl methyl sites for hydroxylation is 2. The zero-order chi connectivity index (χ0) is 24.4. The first kappa shape index (κ1) is 22.7. The molecule has 34 heavy (non-hydrogen) atoms. The van der Waals surface area contributed by atoms with E-state index < -0.39 is 30.3 Å². The number of methoxy groups -OCH3 is 1. The van der Waals surface area contributed by atoms with Gasteiger partial charge in [0.15, 0.2) is 6.61 Å². The lowest BCUT2D eigenvalue weighted by Crippen LogP contribution is -2.30. The molecule has 0 radical (unpaired) electrons. The molecule has 3 aromatic carbocycles.